The van der Waals surface area contributed by atoms with Crippen molar-refractivity contribution in [3.05, 3.63) is 83.9 Å². The van der Waals surface area contributed by atoms with Crippen LogP contribution in [0.5, 0.6) is 5.75 Å². The van der Waals surface area contributed by atoms with E-state index in [0.29, 0.717) is 18.0 Å². The van der Waals surface area contributed by atoms with Crippen molar-refractivity contribution in [2.45, 2.75) is 6.54 Å². The van der Waals surface area contributed by atoms with Crippen LogP contribution in [0.25, 0.3) is 0 Å². The number of carbonyl (C=O) groups is 2. The molecule has 6 heteroatoms. The molecule has 3 aromatic rings. The molecule has 0 fully saturated rings. The second kappa shape index (κ2) is 7.65. The quantitative estimate of drug-likeness (QED) is 0.546. The summed E-state index contributed by atoms with van der Waals surface area (Å²) in [4.78, 5) is 24.7. The van der Waals surface area contributed by atoms with Crippen molar-refractivity contribution in [2.75, 3.05) is 12.4 Å². The Balaban J connectivity index is 1.72. The summed E-state index contributed by atoms with van der Waals surface area (Å²) in [6.07, 6.45) is 1.71. The van der Waals surface area contributed by atoms with Gasteiger partial charge in [-0.25, -0.2) is 4.39 Å². The molecule has 5 nitrogen and oxygen atoms in total. The summed E-state index contributed by atoms with van der Waals surface area (Å²) in [6.45, 7) is 0.365. The molecule has 1 heterocycles. The van der Waals surface area contributed by atoms with Gasteiger partial charge in [0.25, 0.3) is 11.7 Å². The molecule has 0 aliphatic rings. The van der Waals surface area contributed by atoms with Crippen LogP contribution in [0, 0.1) is 5.82 Å². The van der Waals surface area contributed by atoms with Gasteiger partial charge >= 0.3 is 0 Å². The van der Waals surface area contributed by atoms with Crippen LogP contribution in [0.4, 0.5) is 10.1 Å². The zero-order valence-corrected chi connectivity index (χ0v) is 14.1. The molecule has 0 radical (unpaired) electrons. The Bertz CT molecular complexity index is 915. The maximum absolute atomic E-state index is 13.0. The van der Waals surface area contributed by atoms with Crippen LogP contribution in [-0.4, -0.2) is 23.4 Å². The van der Waals surface area contributed by atoms with E-state index in [0.717, 1.165) is 5.56 Å². The van der Waals surface area contributed by atoms with Crippen LogP contribution in [0.2, 0.25) is 0 Å². The van der Waals surface area contributed by atoms with Gasteiger partial charge in [0.15, 0.2) is 0 Å². The van der Waals surface area contributed by atoms with Gasteiger partial charge in [0.2, 0.25) is 0 Å². The normalized spacial score (nSPS) is 10.4. The van der Waals surface area contributed by atoms with Crippen molar-refractivity contribution < 1.29 is 18.7 Å². The van der Waals surface area contributed by atoms with Crippen molar-refractivity contribution in [3.8, 4) is 5.75 Å². The lowest BCUT2D eigenvalue weighted by Crippen LogP contribution is -2.25. The number of hydrogen-bond acceptors (Lipinski definition) is 3. The predicted octanol–water partition coefficient (Wildman–Crippen LogP) is 3.51. The highest BCUT2D eigenvalue weighted by atomic mass is 19.1. The third kappa shape index (κ3) is 3.97. The third-order valence-corrected chi connectivity index (χ3v) is 3.88. The number of Topliss-reactive ketones (excluding diaryl/α,β-unsaturated/α-hetero) is 1. The minimum absolute atomic E-state index is 0.264. The molecule has 0 atom stereocenters. The number of nitrogens with zero attached hydrogens (tertiary/aromatic N) is 1. The number of hydrogen-bond donors (Lipinski definition) is 1. The molecule has 1 amide bonds. The van der Waals surface area contributed by atoms with E-state index in [1.54, 1.807) is 66.4 Å². The number of ketones is 1. The van der Waals surface area contributed by atoms with Crippen molar-refractivity contribution in [3.63, 3.8) is 0 Å². The zero-order chi connectivity index (χ0) is 18.5. The molecule has 2 aromatic carbocycles. The molecule has 0 saturated carbocycles. The number of anilines is 1. The van der Waals surface area contributed by atoms with E-state index >= 15 is 0 Å². The molecule has 0 aliphatic heterocycles. The van der Waals surface area contributed by atoms with E-state index in [1.165, 1.54) is 12.1 Å². The zero-order valence-electron chi connectivity index (χ0n) is 14.1. The number of rotatable bonds is 6. The number of carbonyl (C=O) groups excluding carboxylic acids is 2. The minimum Gasteiger partial charge on any atom is -0.497 e. The SMILES string of the molecule is COc1ccc(NC(=O)C(=O)c2cccn2Cc2ccc(F)cc2)cc1. The first-order valence-corrected chi connectivity index (χ1v) is 7.96. The monoisotopic (exact) mass is 352 g/mol. The van der Waals surface area contributed by atoms with Gasteiger partial charge < -0.3 is 14.6 Å². The van der Waals surface area contributed by atoms with Crippen molar-refractivity contribution in [1.29, 1.82) is 0 Å². The van der Waals surface area contributed by atoms with Crippen LogP contribution in [-0.2, 0) is 11.3 Å². The topological polar surface area (TPSA) is 60.3 Å². The smallest absolute Gasteiger partial charge is 0.298 e. The molecule has 0 aliphatic carbocycles. The first-order chi connectivity index (χ1) is 12.6. The van der Waals surface area contributed by atoms with Gasteiger partial charge in [-0.1, -0.05) is 12.1 Å². The molecular formula is C20H17FN2O3. The molecule has 1 aromatic heterocycles. The van der Waals surface area contributed by atoms with Gasteiger partial charge in [0.1, 0.15) is 11.6 Å². The second-order valence-electron chi connectivity index (χ2n) is 5.66. The Morgan fingerprint density at radius 1 is 1.04 bits per heavy atom. The Kier molecular flexibility index (Phi) is 5.12. The molecule has 26 heavy (non-hydrogen) atoms. The number of benzene rings is 2. The largest absolute Gasteiger partial charge is 0.497 e. The minimum atomic E-state index is -0.728. The average molecular weight is 352 g/mol. The summed E-state index contributed by atoms with van der Waals surface area (Å²) in [6, 6.07) is 16.0. The highest BCUT2D eigenvalue weighted by Crippen LogP contribution is 2.16. The van der Waals surface area contributed by atoms with E-state index < -0.39 is 11.7 Å². The van der Waals surface area contributed by atoms with Gasteiger partial charge in [0, 0.05) is 18.4 Å². The fraction of sp³-hybridized carbons (Fsp3) is 0.100. The van der Waals surface area contributed by atoms with E-state index in [2.05, 4.69) is 5.32 Å². The summed E-state index contributed by atoms with van der Waals surface area (Å²) < 4.78 is 19.7. The fourth-order valence-electron chi connectivity index (χ4n) is 2.52. The fourth-order valence-corrected chi connectivity index (χ4v) is 2.52. The van der Waals surface area contributed by atoms with E-state index in [4.69, 9.17) is 4.74 Å². The Hall–Kier alpha value is -3.41. The van der Waals surface area contributed by atoms with Gasteiger partial charge in [-0.2, -0.15) is 0 Å². The lowest BCUT2D eigenvalue weighted by Gasteiger charge is -2.09. The van der Waals surface area contributed by atoms with Crippen LogP contribution in [0.1, 0.15) is 16.1 Å². The Labute approximate surface area is 150 Å². The van der Waals surface area contributed by atoms with Crippen molar-refractivity contribution in [1.82, 2.24) is 4.57 Å². The Morgan fingerprint density at radius 3 is 2.38 bits per heavy atom. The maximum atomic E-state index is 13.0. The number of aromatic nitrogens is 1. The van der Waals surface area contributed by atoms with Gasteiger partial charge in [-0.05, 0) is 54.1 Å². The van der Waals surface area contributed by atoms with Crippen LogP contribution < -0.4 is 10.1 Å². The molecule has 0 saturated heterocycles. The summed E-state index contributed by atoms with van der Waals surface area (Å²) in [5.41, 5.74) is 1.59. The third-order valence-electron chi connectivity index (χ3n) is 3.88. The van der Waals surface area contributed by atoms with E-state index in [9.17, 15) is 14.0 Å². The highest BCUT2D eigenvalue weighted by molar-refractivity contribution is 6.46. The number of nitrogens with one attached hydrogen (secondary N) is 1. The van der Waals surface area contributed by atoms with Crippen molar-refractivity contribution in [2.24, 2.45) is 0 Å². The number of ether oxygens (including phenoxy) is 1. The molecule has 0 unspecified atom stereocenters. The van der Waals surface area contributed by atoms with Gasteiger partial charge in [-0.15, -0.1) is 0 Å². The molecule has 0 bridgehead atoms. The molecule has 132 valence electrons. The van der Waals surface area contributed by atoms with E-state index in [1.807, 2.05) is 0 Å². The van der Waals surface area contributed by atoms with Crippen molar-refractivity contribution >= 4 is 17.4 Å². The first-order valence-electron chi connectivity index (χ1n) is 7.96. The van der Waals surface area contributed by atoms with Gasteiger partial charge in [0.05, 0.1) is 12.8 Å². The summed E-state index contributed by atoms with van der Waals surface area (Å²) >= 11 is 0. The summed E-state index contributed by atoms with van der Waals surface area (Å²) in [5, 5.41) is 2.57. The maximum Gasteiger partial charge on any atom is 0.298 e. The lowest BCUT2D eigenvalue weighted by molar-refractivity contribution is -0.112. The molecular weight excluding hydrogens is 335 g/mol. The number of halogens is 1. The second-order valence-corrected chi connectivity index (χ2v) is 5.66. The van der Waals surface area contributed by atoms with Crippen LogP contribution >= 0.6 is 0 Å². The first kappa shape index (κ1) is 17.4. The lowest BCUT2D eigenvalue weighted by atomic mass is 10.2. The Morgan fingerprint density at radius 2 is 1.73 bits per heavy atom. The molecule has 1 N–H and O–H groups in total. The molecule has 3 rings (SSSR count). The standard InChI is InChI=1S/C20H17FN2O3/c1-26-17-10-8-16(9-11-17)22-20(25)19(24)18-3-2-12-23(18)13-14-4-6-15(21)7-5-14/h2-12H,13H2,1H3,(H,22,25). The average Bonchev–Trinajstić information content (AvgIpc) is 3.11. The number of amides is 1. The summed E-state index contributed by atoms with van der Waals surface area (Å²) in [5.74, 6) is -1.04. The molecule has 0 spiro atoms. The van der Waals surface area contributed by atoms with Crippen LogP contribution in [0.15, 0.2) is 66.9 Å². The highest BCUT2D eigenvalue weighted by Gasteiger charge is 2.20. The van der Waals surface area contributed by atoms with E-state index in [-0.39, 0.29) is 11.5 Å². The number of methoxy groups -OCH3 is 1. The predicted molar refractivity (Wildman–Crippen MR) is 95.9 cm³/mol. The van der Waals surface area contributed by atoms with Gasteiger partial charge in [-0.3, -0.25) is 9.59 Å². The summed E-state index contributed by atoms with van der Waals surface area (Å²) in [7, 11) is 1.55. The van der Waals surface area contributed by atoms with Crippen LogP contribution in [0.3, 0.4) is 0 Å².